The highest BCUT2D eigenvalue weighted by molar-refractivity contribution is 5.89. The van der Waals surface area contributed by atoms with Gasteiger partial charge in [0.1, 0.15) is 11.7 Å². The molecule has 1 aromatic carbocycles. The third-order valence-electron chi connectivity index (χ3n) is 1.98. The van der Waals surface area contributed by atoms with Crippen molar-refractivity contribution >= 4 is 5.97 Å². The highest BCUT2D eigenvalue weighted by Gasteiger charge is 2.20. The summed E-state index contributed by atoms with van der Waals surface area (Å²) >= 11 is 0. The molecule has 0 radical (unpaired) electrons. The highest BCUT2D eigenvalue weighted by atomic mass is 16.5. The zero-order valence-electron chi connectivity index (χ0n) is 8.43. The van der Waals surface area contributed by atoms with Gasteiger partial charge in [0, 0.05) is 0 Å². The van der Waals surface area contributed by atoms with Crippen LogP contribution in [0.25, 0.3) is 0 Å². The molecule has 3 nitrogen and oxygen atoms in total. The summed E-state index contributed by atoms with van der Waals surface area (Å²) in [5.74, 6) is -0.624. The molecular formula is C12H12O3. The maximum absolute atomic E-state index is 11.2. The number of hydrogen-bond donors (Lipinski definition) is 1. The minimum atomic E-state index is -1.05. The molecular weight excluding hydrogens is 192 g/mol. The van der Waals surface area contributed by atoms with Crippen LogP contribution < -0.4 is 0 Å². The Morgan fingerprint density at radius 2 is 2.07 bits per heavy atom. The Morgan fingerprint density at radius 3 is 2.53 bits per heavy atom. The van der Waals surface area contributed by atoms with Crippen LogP contribution in [0.4, 0.5) is 0 Å². The lowest BCUT2D eigenvalue weighted by molar-refractivity contribution is -0.137. The molecule has 0 saturated carbocycles. The Hall–Kier alpha value is -1.83. The van der Waals surface area contributed by atoms with E-state index in [1.54, 1.807) is 24.3 Å². The monoisotopic (exact) mass is 204 g/mol. The van der Waals surface area contributed by atoms with Crippen molar-refractivity contribution in [3.63, 3.8) is 0 Å². The summed E-state index contributed by atoms with van der Waals surface area (Å²) in [6, 6.07) is 8.80. The van der Waals surface area contributed by atoms with Gasteiger partial charge in [-0.2, -0.15) is 0 Å². The maximum atomic E-state index is 11.2. The molecule has 78 valence electrons. The average Bonchev–Trinajstić information content (AvgIpc) is 2.30. The molecule has 0 heterocycles. The molecule has 0 amide bonds. The molecule has 0 saturated heterocycles. The van der Waals surface area contributed by atoms with E-state index in [1.807, 2.05) is 6.07 Å². The Labute approximate surface area is 88.3 Å². The number of aliphatic hydroxyl groups excluding tert-OH is 1. The molecule has 1 unspecified atom stereocenters. The first-order valence-electron chi connectivity index (χ1n) is 4.42. The van der Waals surface area contributed by atoms with Crippen LogP contribution in [0.2, 0.25) is 0 Å². The fourth-order valence-electron chi connectivity index (χ4n) is 1.19. The van der Waals surface area contributed by atoms with Gasteiger partial charge in [-0.3, -0.25) is 0 Å². The Bertz CT molecular complexity index is 389. The number of carbonyl (C=O) groups excluding carboxylic acids is 1. The highest BCUT2D eigenvalue weighted by Crippen LogP contribution is 2.20. The van der Waals surface area contributed by atoms with E-state index in [2.05, 4.69) is 17.0 Å². The third-order valence-corrected chi connectivity index (χ3v) is 1.98. The van der Waals surface area contributed by atoms with Gasteiger partial charge in [0.25, 0.3) is 0 Å². The number of ether oxygens (including phenoxy) is 1. The van der Waals surface area contributed by atoms with Gasteiger partial charge < -0.3 is 9.84 Å². The number of hydrogen-bond acceptors (Lipinski definition) is 3. The molecule has 1 atom stereocenters. The van der Waals surface area contributed by atoms with E-state index in [0.29, 0.717) is 5.56 Å². The lowest BCUT2D eigenvalue weighted by Crippen LogP contribution is -2.12. The standard InChI is InChI=1S/C12H12O3/c1-3-10(12(14)15-2)11(13)9-7-5-4-6-8-9/h4-8,11,13H,1H2,2H3. The molecule has 0 spiro atoms. The van der Waals surface area contributed by atoms with Crippen LogP contribution in [0.1, 0.15) is 11.7 Å². The zero-order chi connectivity index (χ0) is 11.3. The van der Waals surface area contributed by atoms with Crippen LogP contribution in [-0.4, -0.2) is 18.2 Å². The van der Waals surface area contributed by atoms with E-state index >= 15 is 0 Å². The summed E-state index contributed by atoms with van der Waals surface area (Å²) in [6.45, 7) is 3.35. The molecule has 15 heavy (non-hydrogen) atoms. The number of esters is 1. The number of benzene rings is 1. The maximum Gasteiger partial charge on any atom is 0.344 e. The van der Waals surface area contributed by atoms with E-state index in [1.165, 1.54) is 7.11 Å². The van der Waals surface area contributed by atoms with Gasteiger partial charge in [0.2, 0.25) is 0 Å². The smallest absolute Gasteiger partial charge is 0.344 e. The summed E-state index contributed by atoms with van der Waals surface area (Å²) in [4.78, 5) is 11.2. The van der Waals surface area contributed by atoms with Crippen molar-refractivity contribution in [1.29, 1.82) is 0 Å². The molecule has 3 heteroatoms. The Kier molecular flexibility index (Phi) is 3.86. The first kappa shape index (κ1) is 11.2. The topological polar surface area (TPSA) is 46.5 Å². The van der Waals surface area contributed by atoms with Gasteiger partial charge in [0.15, 0.2) is 0 Å². The predicted octanol–water partition coefficient (Wildman–Crippen LogP) is 1.60. The second-order valence-corrected chi connectivity index (χ2v) is 2.90. The second kappa shape index (κ2) is 5.15. The van der Waals surface area contributed by atoms with Crippen molar-refractivity contribution in [2.45, 2.75) is 6.10 Å². The number of methoxy groups -OCH3 is 1. The summed E-state index contributed by atoms with van der Waals surface area (Å²) in [6.07, 6.45) is -1.05. The summed E-state index contributed by atoms with van der Waals surface area (Å²) in [7, 11) is 1.25. The van der Waals surface area contributed by atoms with Gasteiger partial charge in [-0.15, -0.1) is 5.73 Å². The first-order valence-corrected chi connectivity index (χ1v) is 4.42. The van der Waals surface area contributed by atoms with Gasteiger partial charge in [-0.05, 0) is 5.56 Å². The molecule has 0 aromatic heterocycles. The van der Waals surface area contributed by atoms with Crippen LogP contribution in [0.15, 0.2) is 48.2 Å². The molecule has 0 aliphatic heterocycles. The van der Waals surface area contributed by atoms with Crippen LogP contribution in [0, 0.1) is 0 Å². The summed E-state index contributed by atoms with van der Waals surface area (Å²) in [5, 5.41) is 9.84. The molecule has 0 bridgehead atoms. The van der Waals surface area contributed by atoms with E-state index in [9.17, 15) is 9.90 Å². The van der Waals surface area contributed by atoms with Crippen LogP contribution in [0.5, 0.6) is 0 Å². The van der Waals surface area contributed by atoms with E-state index in [-0.39, 0.29) is 5.57 Å². The van der Waals surface area contributed by atoms with Crippen molar-refractivity contribution in [2.24, 2.45) is 0 Å². The van der Waals surface area contributed by atoms with Crippen molar-refractivity contribution in [3.05, 3.63) is 53.8 Å². The zero-order valence-corrected chi connectivity index (χ0v) is 8.43. The first-order chi connectivity index (χ1) is 7.20. The van der Waals surface area contributed by atoms with Gasteiger partial charge >= 0.3 is 5.97 Å². The lowest BCUT2D eigenvalue weighted by atomic mass is 10.0. The number of rotatable bonds is 3. The normalized spacial score (nSPS) is 11.3. The fraction of sp³-hybridized carbons (Fsp3) is 0.167. The second-order valence-electron chi connectivity index (χ2n) is 2.90. The summed E-state index contributed by atoms with van der Waals surface area (Å²) in [5.41, 5.74) is 3.02. The molecule has 1 N–H and O–H groups in total. The number of carbonyl (C=O) groups is 1. The van der Waals surface area contributed by atoms with E-state index in [4.69, 9.17) is 0 Å². The fourth-order valence-corrected chi connectivity index (χ4v) is 1.19. The van der Waals surface area contributed by atoms with Crippen molar-refractivity contribution in [1.82, 2.24) is 0 Å². The van der Waals surface area contributed by atoms with E-state index < -0.39 is 12.1 Å². The molecule has 1 rings (SSSR count). The van der Waals surface area contributed by atoms with Crippen molar-refractivity contribution in [2.75, 3.05) is 7.11 Å². The third kappa shape index (κ3) is 2.56. The predicted molar refractivity (Wildman–Crippen MR) is 56.1 cm³/mol. The molecule has 1 aromatic rings. The van der Waals surface area contributed by atoms with Crippen LogP contribution in [-0.2, 0) is 9.53 Å². The van der Waals surface area contributed by atoms with Crippen molar-refractivity contribution < 1.29 is 14.6 Å². The molecule has 0 aliphatic carbocycles. The van der Waals surface area contributed by atoms with Crippen LogP contribution in [0.3, 0.4) is 0 Å². The van der Waals surface area contributed by atoms with Gasteiger partial charge in [0.05, 0.1) is 7.11 Å². The average molecular weight is 204 g/mol. The van der Waals surface area contributed by atoms with Gasteiger partial charge in [-0.1, -0.05) is 36.9 Å². The van der Waals surface area contributed by atoms with E-state index in [0.717, 1.165) is 0 Å². The Morgan fingerprint density at radius 1 is 1.47 bits per heavy atom. The summed E-state index contributed by atoms with van der Waals surface area (Å²) < 4.78 is 4.51. The Balaban J connectivity index is 2.98. The van der Waals surface area contributed by atoms with Crippen LogP contribution >= 0.6 is 0 Å². The SMILES string of the molecule is C=C=C(C(=O)OC)C(O)c1ccccc1. The van der Waals surface area contributed by atoms with Gasteiger partial charge in [-0.25, -0.2) is 4.79 Å². The largest absolute Gasteiger partial charge is 0.465 e. The quantitative estimate of drug-likeness (QED) is 0.462. The molecule has 0 fully saturated rings. The van der Waals surface area contributed by atoms with Crippen molar-refractivity contribution in [3.8, 4) is 0 Å². The minimum absolute atomic E-state index is 0.0173. The number of aliphatic hydroxyl groups is 1. The lowest BCUT2D eigenvalue weighted by Gasteiger charge is -2.11. The molecule has 0 aliphatic rings. The minimum Gasteiger partial charge on any atom is -0.465 e.